The molecule has 0 radical (unpaired) electrons. The molecule has 0 aromatic rings. The molecule has 0 aliphatic rings. The van der Waals surface area contributed by atoms with Gasteiger partial charge in [0.1, 0.15) is 31.8 Å². The monoisotopic (exact) mass is 1660 g/mol. The van der Waals surface area contributed by atoms with Crippen LogP contribution in [0.1, 0.15) is 541 Å². The van der Waals surface area contributed by atoms with Gasteiger partial charge in [-0.15, -0.1) is 0 Å². The Labute approximate surface area is 719 Å². The predicted octanol–water partition coefficient (Wildman–Crippen LogP) is 29.6. The number of esters is 8. The highest BCUT2D eigenvalue weighted by atomic mass is 16.6. The van der Waals surface area contributed by atoms with Gasteiger partial charge in [0.25, 0.3) is 0 Å². The molecule has 0 aliphatic heterocycles. The van der Waals surface area contributed by atoms with Gasteiger partial charge in [0.2, 0.25) is 0 Å². The lowest BCUT2D eigenvalue weighted by Gasteiger charge is -2.31. The number of hydrogen-bond donors (Lipinski definition) is 0. The molecule has 0 saturated carbocycles. The van der Waals surface area contributed by atoms with Crippen molar-refractivity contribution in [3.63, 3.8) is 0 Å². The lowest BCUT2D eigenvalue weighted by atomic mass is 9.92. The number of carbonyl (C=O) groups excluding carboxylic acids is 8. The summed E-state index contributed by atoms with van der Waals surface area (Å²) in [5.74, 6) is -2.34. The molecule has 0 aromatic heterocycles. The summed E-state index contributed by atoms with van der Waals surface area (Å²) in [4.78, 5) is 104. The van der Waals surface area contributed by atoms with Gasteiger partial charge in [-0.1, -0.05) is 413 Å². The summed E-state index contributed by atoms with van der Waals surface area (Å²) in [6.07, 6.45) is 82.4. The molecule has 0 bridgehead atoms. The summed E-state index contributed by atoms with van der Waals surface area (Å²) in [6.45, 7) is 9.79. The maximum Gasteiger partial charge on any atom is 0.305 e. The Morgan fingerprint density at radius 2 is 0.239 bits per heavy atom. The standard InChI is InChI=1S/C101H188O16/c1-5-9-13-17-21-25-29-33-37-49-61-73-85-110-93(102)77-65-53-41-45-57-69-81-97(106)114-89-101(90-115-98(107)82-70-58-46-42-54-66-78-94(103)111-86-74-62-50-38-34-30-26-22-18-14-10-6-2,91-116-99(108)83-71-59-47-43-55-67-79-95(104)112-87-75-63-51-39-35-31-27-23-19-15-11-7-3)92-117-100(109)84-72-60-48-44-56-68-80-96(105)113-88-76-64-52-40-36-32-28-24-20-16-12-8-4/h5-92H2,1-4H3. The number of unbranched alkanes of at least 4 members (excludes halogenated alkanes) is 64. The van der Waals surface area contributed by atoms with Gasteiger partial charge in [0, 0.05) is 51.4 Å². The molecule has 0 atom stereocenters. The van der Waals surface area contributed by atoms with Crippen LogP contribution in [0.15, 0.2) is 0 Å². The second-order valence-corrected chi connectivity index (χ2v) is 35.1. The smallest absolute Gasteiger partial charge is 0.305 e. The van der Waals surface area contributed by atoms with Crippen molar-refractivity contribution < 1.29 is 76.3 Å². The zero-order valence-corrected chi connectivity index (χ0v) is 77.3. The fourth-order valence-electron chi connectivity index (χ4n) is 15.3. The zero-order chi connectivity index (χ0) is 85.0. The molecule has 16 heteroatoms. The van der Waals surface area contributed by atoms with Crippen LogP contribution < -0.4 is 0 Å². The Morgan fingerprint density at radius 3 is 0.368 bits per heavy atom. The zero-order valence-electron chi connectivity index (χ0n) is 77.3. The topological polar surface area (TPSA) is 210 Å². The molecular formula is C101H188O16. The van der Waals surface area contributed by atoms with Gasteiger partial charge >= 0.3 is 47.8 Å². The van der Waals surface area contributed by atoms with Gasteiger partial charge in [-0.2, -0.15) is 0 Å². The predicted molar refractivity (Wildman–Crippen MR) is 482 cm³/mol. The molecule has 0 amide bonds. The Morgan fingerprint density at radius 1 is 0.137 bits per heavy atom. The van der Waals surface area contributed by atoms with Crippen molar-refractivity contribution in [2.45, 2.75) is 541 Å². The minimum Gasteiger partial charge on any atom is -0.466 e. The lowest BCUT2D eigenvalue weighted by Crippen LogP contribution is -2.44. The van der Waals surface area contributed by atoms with Crippen LogP contribution >= 0.6 is 0 Å². The lowest BCUT2D eigenvalue weighted by molar-refractivity contribution is -0.171. The molecule has 688 valence electrons. The van der Waals surface area contributed by atoms with Crippen molar-refractivity contribution in [3.8, 4) is 0 Å². The molecule has 0 rings (SSSR count). The molecule has 0 aliphatic carbocycles. The second kappa shape index (κ2) is 92.5. The Bertz CT molecular complexity index is 1900. The van der Waals surface area contributed by atoms with Crippen molar-refractivity contribution in [2.24, 2.45) is 5.41 Å². The van der Waals surface area contributed by atoms with Crippen LogP contribution in [0.4, 0.5) is 0 Å². The van der Waals surface area contributed by atoms with E-state index in [4.69, 9.17) is 37.9 Å². The van der Waals surface area contributed by atoms with Crippen molar-refractivity contribution >= 4 is 47.8 Å². The number of hydrogen-bond acceptors (Lipinski definition) is 16. The Kier molecular flexibility index (Phi) is 89.1. The third-order valence-electron chi connectivity index (χ3n) is 23.2. The van der Waals surface area contributed by atoms with Crippen molar-refractivity contribution in [1.82, 2.24) is 0 Å². The van der Waals surface area contributed by atoms with E-state index in [2.05, 4.69) is 27.7 Å². The van der Waals surface area contributed by atoms with E-state index in [1.54, 1.807) is 0 Å². The summed E-state index contributed by atoms with van der Waals surface area (Å²) < 4.78 is 46.0. The van der Waals surface area contributed by atoms with Crippen LogP contribution in [-0.2, 0) is 76.3 Å². The molecule has 0 saturated heterocycles. The van der Waals surface area contributed by atoms with Crippen molar-refractivity contribution in [3.05, 3.63) is 0 Å². The number of ether oxygens (including phenoxy) is 8. The van der Waals surface area contributed by atoms with E-state index in [0.717, 1.165) is 180 Å². The molecule has 0 heterocycles. The van der Waals surface area contributed by atoms with Gasteiger partial charge in [-0.3, -0.25) is 38.4 Å². The molecule has 0 unspecified atom stereocenters. The van der Waals surface area contributed by atoms with E-state index in [0.29, 0.717) is 77.8 Å². The van der Waals surface area contributed by atoms with Gasteiger partial charge in [-0.05, 0) is 77.0 Å². The highest BCUT2D eigenvalue weighted by Crippen LogP contribution is 2.26. The third-order valence-corrected chi connectivity index (χ3v) is 23.2. The first-order chi connectivity index (χ1) is 57.4. The summed E-state index contributed by atoms with van der Waals surface area (Å²) >= 11 is 0. The highest BCUT2D eigenvalue weighted by molar-refractivity contribution is 5.72. The Hall–Kier alpha value is -4.24. The highest BCUT2D eigenvalue weighted by Gasteiger charge is 2.38. The van der Waals surface area contributed by atoms with Crippen molar-refractivity contribution in [1.29, 1.82) is 0 Å². The van der Waals surface area contributed by atoms with Crippen LogP contribution in [0.2, 0.25) is 0 Å². The van der Waals surface area contributed by atoms with Crippen LogP contribution in [0, 0.1) is 5.41 Å². The first-order valence-electron chi connectivity index (χ1n) is 50.6. The summed E-state index contributed by atoms with van der Waals surface area (Å²) in [7, 11) is 0. The van der Waals surface area contributed by atoms with Crippen LogP contribution in [0.5, 0.6) is 0 Å². The Balaban J connectivity index is 5.56. The maximum absolute atomic E-state index is 13.6. The summed E-state index contributed by atoms with van der Waals surface area (Å²) in [6, 6.07) is 0. The van der Waals surface area contributed by atoms with Gasteiger partial charge in [-0.25, -0.2) is 0 Å². The first kappa shape index (κ1) is 113. The van der Waals surface area contributed by atoms with Gasteiger partial charge in [0.15, 0.2) is 0 Å². The van der Waals surface area contributed by atoms with E-state index in [1.165, 1.54) is 257 Å². The van der Waals surface area contributed by atoms with E-state index >= 15 is 0 Å². The molecule has 0 N–H and O–H groups in total. The minimum atomic E-state index is -1.38. The normalized spacial score (nSPS) is 11.5. The summed E-state index contributed by atoms with van der Waals surface area (Å²) in [5.41, 5.74) is -1.38. The van der Waals surface area contributed by atoms with E-state index in [-0.39, 0.29) is 76.0 Å². The number of carbonyl (C=O) groups is 8. The van der Waals surface area contributed by atoms with Crippen LogP contribution in [0.3, 0.4) is 0 Å². The molecular weight excluding hydrogens is 1470 g/mol. The first-order valence-corrected chi connectivity index (χ1v) is 50.6. The van der Waals surface area contributed by atoms with Crippen molar-refractivity contribution in [2.75, 3.05) is 52.9 Å². The molecule has 0 aromatic carbocycles. The quantitative estimate of drug-likeness (QED) is 0.0315. The van der Waals surface area contributed by atoms with E-state index in [9.17, 15) is 38.4 Å². The largest absolute Gasteiger partial charge is 0.466 e. The van der Waals surface area contributed by atoms with Crippen LogP contribution in [-0.4, -0.2) is 101 Å². The minimum absolute atomic E-state index is 0.130. The number of rotatable bonds is 96. The average molecular weight is 1660 g/mol. The molecule has 0 spiro atoms. The SMILES string of the molecule is CCCCCCCCCCCCCCOC(=O)CCCCCCCCC(=O)OCC(COC(=O)CCCCCCCCC(=O)OCCCCCCCCCCCCCC)(COC(=O)CCCCCCCCC(=O)OCCCCCCCCCCCCCC)COC(=O)CCCCCCCCC(=O)OCCCCCCCCCCCCCC. The maximum atomic E-state index is 13.6. The summed E-state index contributed by atoms with van der Waals surface area (Å²) in [5, 5.41) is 0. The van der Waals surface area contributed by atoms with E-state index < -0.39 is 29.3 Å². The fourth-order valence-corrected chi connectivity index (χ4v) is 15.3. The van der Waals surface area contributed by atoms with Gasteiger partial charge < -0.3 is 37.9 Å². The molecule has 117 heavy (non-hydrogen) atoms. The fraction of sp³-hybridized carbons (Fsp3) is 0.921. The molecule has 16 nitrogen and oxygen atoms in total. The second-order valence-electron chi connectivity index (χ2n) is 35.1. The third kappa shape index (κ3) is 87.9. The van der Waals surface area contributed by atoms with Gasteiger partial charge in [0.05, 0.1) is 26.4 Å². The molecule has 0 fully saturated rings. The van der Waals surface area contributed by atoms with Crippen LogP contribution in [0.25, 0.3) is 0 Å². The van der Waals surface area contributed by atoms with E-state index in [1.807, 2.05) is 0 Å². The average Bonchev–Trinajstić information content (AvgIpc) is 0.852.